The van der Waals surface area contributed by atoms with E-state index >= 15 is 0 Å². The Morgan fingerprint density at radius 2 is 1.59 bits per heavy atom. The van der Waals surface area contributed by atoms with Crippen molar-refractivity contribution in [1.29, 1.82) is 0 Å². The highest BCUT2D eigenvalue weighted by atomic mass is 19.4. The van der Waals surface area contributed by atoms with Crippen LogP contribution in [0.4, 0.5) is 36.6 Å². The minimum Gasteiger partial charge on any atom is -0.367 e. The van der Waals surface area contributed by atoms with Gasteiger partial charge in [-0.15, -0.1) is 0 Å². The van der Waals surface area contributed by atoms with Crippen LogP contribution in [-0.2, 0) is 6.18 Å². The van der Waals surface area contributed by atoms with E-state index < -0.39 is 11.7 Å². The van der Waals surface area contributed by atoms with Crippen LogP contribution in [0.5, 0.6) is 0 Å². The summed E-state index contributed by atoms with van der Waals surface area (Å²) in [6.45, 7) is 3.98. The Morgan fingerprint density at radius 1 is 0.838 bits per heavy atom. The van der Waals surface area contributed by atoms with Crippen molar-refractivity contribution in [3.05, 3.63) is 30.0 Å². The van der Waals surface area contributed by atoms with Gasteiger partial charge in [0.1, 0.15) is 17.5 Å². The van der Waals surface area contributed by atoms with Gasteiger partial charge in [-0.2, -0.15) is 23.1 Å². The van der Waals surface area contributed by atoms with Crippen molar-refractivity contribution in [3.8, 4) is 0 Å². The third-order valence-corrected chi connectivity index (χ3v) is 9.44. The van der Waals surface area contributed by atoms with Crippen LogP contribution in [0.25, 0.3) is 0 Å². The second-order valence-electron chi connectivity index (χ2n) is 11.4. The predicted molar refractivity (Wildman–Crippen MR) is 137 cm³/mol. The van der Waals surface area contributed by atoms with Crippen LogP contribution in [-0.4, -0.2) is 60.3 Å². The van der Waals surface area contributed by atoms with E-state index in [0.29, 0.717) is 38.2 Å². The summed E-state index contributed by atoms with van der Waals surface area (Å²) < 4.78 is 40.7. The van der Waals surface area contributed by atoms with Crippen LogP contribution in [0.1, 0.15) is 44.1 Å². The Balaban J connectivity index is 1.11. The van der Waals surface area contributed by atoms with Crippen LogP contribution in [0, 0.1) is 23.7 Å². The predicted octanol–water partition coefficient (Wildman–Crippen LogP) is 4.66. The molecule has 37 heavy (non-hydrogen) atoms. The average Bonchev–Trinajstić information content (AvgIpc) is 3.28. The van der Waals surface area contributed by atoms with Crippen molar-refractivity contribution < 1.29 is 13.2 Å². The van der Waals surface area contributed by atoms with Gasteiger partial charge in [-0.25, -0.2) is 4.98 Å². The van der Waals surface area contributed by atoms with Crippen LogP contribution >= 0.6 is 0 Å². The Bertz CT molecular complexity index is 1140. The largest absolute Gasteiger partial charge is 0.419 e. The molecular formula is C27H34F3N7. The molecule has 0 amide bonds. The molecule has 4 heterocycles. The second-order valence-corrected chi connectivity index (χ2v) is 11.4. The molecule has 5 atom stereocenters. The average molecular weight is 514 g/mol. The van der Waals surface area contributed by atoms with Crippen LogP contribution in [0.3, 0.4) is 0 Å². The van der Waals surface area contributed by atoms with Gasteiger partial charge < -0.3 is 20.0 Å². The molecule has 3 aliphatic carbocycles. The summed E-state index contributed by atoms with van der Waals surface area (Å²) in [7, 11) is 0. The van der Waals surface area contributed by atoms with Crippen molar-refractivity contribution in [2.24, 2.45) is 23.7 Å². The molecule has 0 spiro atoms. The molecule has 7 rings (SSSR count). The number of alkyl halides is 3. The van der Waals surface area contributed by atoms with Crippen LogP contribution in [0.2, 0.25) is 0 Å². The third kappa shape index (κ3) is 4.26. The zero-order chi connectivity index (χ0) is 25.1. The molecule has 0 radical (unpaired) electrons. The molecule has 5 unspecified atom stereocenters. The number of aromatic nitrogens is 3. The Hall–Kier alpha value is -2.78. The van der Waals surface area contributed by atoms with Crippen molar-refractivity contribution in [1.82, 2.24) is 15.0 Å². The highest BCUT2D eigenvalue weighted by Crippen LogP contribution is 2.68. The first kappa shape index (κ1) is 23.3. The number of fused-ring (bicyclic) bond motifs is 1. The summed E-state index contributed by atoms with van der Waals surface area (Å²) in [5.41, 5.74) is -0.679. The maximum atomic E-state index is 13.6. The molecule has 2 aliphatic heterocycles. The van der Waals surface area contributed by atoms with Gasteiger partial charge >= 0.3 is 6.18 Å². The first-order valence-electron chi connectivity index (χ1n) is 13.9. The van der Waals surface area contributed by atoms with Crippen molar-refractivity contribution >= 4 is 23.4 Å². The van der Waals surface area contributed by atoms with E-state index in [1.54, 1.807) is 4.90 Å². The van der Waals surface area contributed by atoms with Crippen molar-refractivity contribution in [3.63, 3.8) is 0 Å². The molecule has 2 aromatic rings. The van der Waals surface area contributed by atoms with E-state index in [-0.39, 0.29) is 5.82 Å². The third-order valence-electron chi connectivity index (χ3n) is 9.44. The molecule has 5 aliphatic rings. The van der Waals surface area contributed by atoms with Gasteiger partial charge in [-0.3, -0.25) is 0 Å². The smallest absolute Gasteiger partial charge is 0.367 e. The van der Waals surface area contributed by atoms with E-state index in [0.717, 1.165) is 54.5 Å². The fourth-order valence-electron chi connectivity index (χ4n) is 7.63. The van der Waals surface area contributed by atoms with Gasteiger partial charge in [-0.1, -0.05) is 0 Å². The molecule has 5 fully saturated rings. The summed E-state index contributed by atoms with van der Waals surface area (Å²) in [4.78, 5) is 20.2. The number of hydrogen-bond donors (Lipinski definition) is 1. The van der Waals surface area contributed by atoms with Crippen LogP contribution < -0.4 is 20.0 Å². The number of piperazine rings is 1. The van der Waals surface area contributed by atoms with E-state index in [1.165, 1.54) is 50.8 Å². The zero-order valence-electron chi connectivity index (χ0n) is 21.0. The number of piperidine rings is 1. The Labute approximate surface area is 215 Å². The number of anilines is 4. The number of pyridine rings is 1. The summed E-state index contributed by atoms with van der Waals surface area (Å²) >= 11 is 0. The van der Waals surface area contributed by atoms with Gasteiger partial charge in [-0.05, 0) is 74.3 Å². The van der Waals surface area contributed by atoms with Gasteiger partial charge in [0.05, 0.1) is 5.56 Å². The summed E-state index contributed by atoms with van der Waals surface area (Å²) in [6.07, 6.45) is 4.57. The SMILES string of the molecule is FC(F)(F)c1cccnc1N1CCN(c2nc(NC3CC4C5CCC3C54)cc(N3CCCCC3)n2)CC1. The highest BCUT2D eigenvalue weighted by Gasteiger charge is 2.64. The van der Waals surface area contributed by atoms with Crippen molar-refractivity contribution in [2.45, 2.75) is 50.7 Å². The zero-order valence-corrected chi connectivity index (χ0v) is 21.0. The Kier molecular flexibility index (Phi) is 5.62. The standard InChI is InChI=1S/C27H34F3N7/c28-27(29,30)20-5-4-8-31-25(20)36-11-13-37(14-12-36)26-33-22(16-23(34-26)35-9-2-1-3-10-35)32-21-15-19-17-6-7-18(21)24(17)19/h4-5,8,16-19,21,24H,1-3,6-7,9-15H2,(H,32,33,34). The summed E-state index contributed by atoms with van der Waals surface area (Å²) in [6, 6.07) is 5.06. The summed E-state index contributed by atoms with van der Waals surface area (Å²) in [5.74, 6) is 6.15. The highest BCUT2D eigenvalue weighted by molar-refractivity contribution is 5.56. The normalized spacial score (nSPS) is 31.0. The Morgan fingerprint density at radius 3 is 2.35 bits per heavy atom. The minimum absolute atomic E-state index is 0.00894. The van der Waals surface area contributed by atoms with E-state index in [4.69, 9.17) is 9.97 Å². The lowest BCUT2D eigenvalue weighted by molar-refractivity contribution is -0.137. The number of halogens is 3. The second kappa shape index (κ2) is 8.91. The lowest BCUT2D eigenvalue weighted by Gasteiger charge is -2.37. The maximum absolute atomic E-state index is 13.6. The molecule has 1 N–H and O–H groups in total. The van der Waals surface area contributed by atoms with E-state index in [9.17, 15) is 13.2 Å². The molecule has 7 nitrogen and oxygen atoms in total. The maximum Gasteiger partial charge on any atom is 0.419 e. The molecule has 2 aromatic heterocycles. The first-order valence-corrected chi connectivity index (χ1v) is 13.9. The monoisotopic (exact) mass is 513 g/mol. The molecule has 0 aromatic carbocycles. The van der Waals surface area contributed by atoms with Gasteiger partial charge in [0.15, 0.2) is 0 Å². The number of nitrogens with one attached hydrogen (secondary N) is 1. The minimum atomic E-state index is -4.42. The van der Waals surface area contributed by atoms with Gasteiger partial charge in [0.25, 0.3) is 0 Å². The molecule has 198 valence electrons. The molecule has 2 saturated heterocycles. The quantitative estimate of drug-likeness (QED) is 0.624. The van der Waals surface area contributed by atoms with Gasteiger partial charge in [0.2, 0.25) is 5.95 Å². The molecular weight excluding hydrogens is 479 g/mol. The lowest BCUT2D eigenvalue weighted by atomic mass is 10.00. The van der Waals surface area contributed by atoms with E-state index in [1.807, 2.05) is 0 Å². The van der Waals surface area contributed by atoms with Gasteiger partial charge in [0, 0.05) is 57.6 Å². The number of nitrogens with zero attached hydrogens (tertiary/aromatic N) is 6. The fraction of sp³-hybridized carbons (Fsp3) is 0.667. The van der Waals surface area contributed by atoms with Crippen molar-refractivity contribution in [2.75, 3.05) is 59.3 Å². The lowest BCUT2D eigenvalue weighted by Crippen LogP contribution is -2.48. The number of rotatable bonds is 5. The molecule has 0 bridgehead atoms. The summed E-state index contributed by atoms with van der Waals surface area (Å²) in [5, 5.41) is 3.80. The fourth-order valence-corrected chi connectivity index (χ4v) is 7.63. The van der Waals surface area contributed by atoms with E-state index in [2.05, 4.69) is 26.2 Å². The number of hydrogen-bond acceptors (Lipinski definition) is 7. The first-order chi connectivity index (χ1) is 18.0. The molecule has 3 saturated carbocycles. The van der Waals surface area contributed by atoms with Crippen LogP contribution in [0.15, 0.2) is 24.4 Å². The topological polar surface area (TPSA) is 60.4 Å². The molecule has 10 heteroatoms.